The number of pyridine rings is 1. The lowest BCUT2D eigenvalue weighted by atomic mass is 9.87. The number of rotatable bonds is 4. The molecule has 1 heterocycles. The Bertz CT molecular complexity index is 597. The van der Waals surface area contributed by atoms with Crippen molar-refractivity contribution in [3.05, 3.63) is 59.4 Å². The molecule has 0 spiro atoms. The summed E-state index contributed by atoms with van der Waals surface area (Å²) in [5, 5.41) is 3.75. The van der Waals surface area contributed by atoms with Crippen molar-refractivity contribution in [2.75, 3.05) is 7.11 Å². The molecule has 0 amide bonds. The Morgan fingerprint density at radius 2 is 2.24 bits per heavy atom. The van der Waals surface area contributed by atoms with E-state index in [9.17, 15) is 0 Å². The first-order valence-corrected chi connectivity index (χ1v) is 7.60. The molecule has 3 rings (SSSR count). The zero-order chi connectivity index (χ0) is 14.7. The molecule has 0 bridgehead atoms. The van der Waals surface area contributed by atoms with Crippen molar-refractivity contribution in [3.8, 4) is 5.75 Å². The van der Waals surface area contributed by atoms with Crippen LogP contribution in [0, 0.1) is 0 Å². The van der Waals surface area contributed by atoms with E-state index in [1.165, 1.54) is 29.5 Å². The van der Waals surface area contributed by atoms with Crippen molar-refractivity contribution in [3.63, 3.8) is 0 Å². The molecule has 0 radical (unpaired) electrons. The highest BCUT2D eigenvalue weighted by Crippen LogP contribution is 2.33. The van der Waals surface area contributed by atoms with Gasteiger partial charge in [0, 0.05) is 24.5 Å². The predicted octanol–water partition coefficient (Wildman–Crippen LogP) is 3.82. The lowest BCUT2D eigenvalue weighted by Crippen LogP contribution is -2.27. The SMILES string of the molecule is COc1ccc2c(c1)CCCC2NC(C)c1cccnc1. The second-order valence-electron chi connectivity index (χ2n) is 5.68. The Morgan fingerprint density at radius 3 is 3.00 bits per heavy atom. The van der Waals surface area contributed by atoms with Gasteiger partial charge in [-0.15, -0.1) is 0 Å². The van der Waals surface area contributed by atoms with Crippen molar-refractivity contribution in [1.29, 1.82) is 0 Å². The minimum absolute atomic E-state index is 0.303. The van der Waals surface area contributed by atoms with Gasteiger partial charge < -0.3 is 10.1 Å². The summed E-state index contributed by atoms with van der Waals surface area (Å²) < 4.78 is 5.34. The fourth-order valence-electron chi connectivity index (χ4n) is 3.12. The summed E-state index contributed by atoms with van der Waals surface area (Å²) in [7, 11) is 1.73. The topological polar surface area (TPSA) is 34.1 Å². The number of methoxy groups -OCH3 is 1. The van der Waals surface area contributed by atoms with E-state index < -0.39 is 0 Å². The van der Waals surface area contributed by atoms with Gasteiger partial charge in [-0.1, -0.05) is 12.1 Å². The van der Waals surface area contributed by atoms with Crippen molar-refractivity contribution >= 4 is 0 Å². The third kappa shape index (κ3) is 3.08. The summed E-state index contributed by atoms with van der Waals surface area (Å²) in [6.07, 6.45) is 7.31. The molecule has 1 aromatic carbocycles. The first-order valence-electron chi connectivity index (χ1n) is 7.60. The summed E-state index contributed by atoms with van der Waals surface area (Å²) in [6.45, 7) is 2.20. The molecule has 1 aromatic heterocycles. The Kier molecular flexibility index (Phi) is 4.20. The summed E-state index contributed by atoms with van der Waals surface area (Å²) in [6, 6.07) is 11.3. The second kappa shape index (κ2) is 6.27. The Morgan fingerprint density at radius 1 is 1.33 bits per heavy atom. The van der Waals surface area contributed by atoms with Crippen LogP contribution >= 0.6 is 0 Å². The van der Waals surface area contributed by atoms with Crippen molar-refractivity contribution < 1.29 is 4.74 Å². The molecule has 2 aromatic rings. The molecule has 0 fully saturated rings. The van der Waals surface area contributed by atoms with Crippen LogP contribution < -0.4 is 10.1 Å². The molecule has 1 N–H and O–H groups in total. The number of nitrogens with one attached hydrogen (secondary N) is 1. The summed E-state index contributed by atoms with van der Waals surface area (Å²) in [5.41, 5.74) is 4.06. The first kappa shape index (κ1) is 14.1. The molecular formula is C18H22N2O. The number of ether oxygens (including phenoxy) is 1. The zero-order valence-electron chi connectivity index (χ0n) is 12.7. The number of fused-ring (bicyclic) bond motifs is 1. The molecule has 2 atom stereocenters. The van der Waals surface area contributed by atoms with E-state index in [1.807, 2.05) is 18.5 Å². The van der Waals surface area contributed by atoms with Crippen LogP contribution in [-0.4, -0.2) is 12.1 Å². The lowest BCUT2D eigenvalue weighted by Gasteiger charge is -2.29. The molecule has 0 saturated heterocycles. The van der Waals surface area contributed by atoms with E-state index in [2.05, 4.69) is 41.5 Å². The zero-order valence-corrected chi connectivity index (χ0v) is 12.7. The molecule has 0 aliphatic heterocycles. The molecule has 0 saturated carbocycles. The van der Waals surface area contributed by atoms with E-state index in [-0.39, 0.29) is 0 Å². The number of benzene rings is 1. The fourth-order valence-corrected chi connectivity index (χ4v) is 3.12. The van der Waals surface area contributed by atoms with E-state index in [0.717, 1.165) is 12.2 Å². The van der Waals surface area contributed by atoms with E-state index in [4.69, 9.17) is 4.74 Å². The smallest absolute Gasteiger partial charge is 0.119 e. The van der Waals surface area contributed by atoms with E-state index in [1.54, 1.807) is 7.11 Å². The standard InChI is InChI=1S/C18H22N2O/c1-13(15-6-4-10-19-12-15)20-18-7-3-5-14-11-16(21-2)8-9-17(14)18/h4,6,8-13,18,20H,3,5,7H2,1-2H3. The van der Waals surface area contributed by atoms with Gasteiger partial charge in [0.15, 0.2) is 0 Å². The maximum atomic E-state index is 5.34. The third-order valence-corrected chi connectivity index (χ3v) is 4.30. The largest absolute Gasteiger partial charge is 0.497 e. The number of nitrogens with zero attached hydrogens (tertiary/aromatic N) is 1. The predicted molar refractivity (Wildman–Crippen MR) is 84.5 cm³/mol. The molecular weight excluding hydrogens is 260 g/mol. The van der Waals surface area contributed by atoms with Gasteiger partial charge in [0.25, 0.3) is 0 Å². The highest BCUT2D eigenvalue weighted by molar-refractivity contribution is 5.39. The fraction of sp³-hybridized carbons (Fsp3) is 0.389. The van der Waals surface area contributed by atoms with Gasteiger partial charge in [-0.05, 0) is 61.1 Å². The molecule has 1 aliphatic carbocycles. The average molecular weight is 282 g/mol. The molecule has 3 heteroatoms. The molecule has 3 nitrogen and oxygen atoms in total. The van der Waals surface area contributed by atoms with Crippen LogP contribution in [0.2, 0.25) is 0 Å². The Labute approximate surface area is 126 Å². The molecule has 21 heavy (non-hydrogen) atoms. The van der Waals surface area contributed by atoms with Crippen LogP contribution in [0.25, 0.3) is 0 Å². The number of hydrogen-bond acceptors (Lipinski definition) is 3. The molecule has 1 aliphatic rings. The van der Waals surface area contributed by atoms with Crippen LogP contribution in [0.5, 0.6) is 5.75 Å². The van der Waals surface area contributed by atoms with Crippen LogP contribution in [0.4, 0.5) is 0 Å². The van der Waals surface area contributed by atoms with Gasteiger partial charge >= 0.3 is 0 Å². The Balaban J connectivity index is 1.79. The Hall–Kier alpha value is -1.87. The number of aryl methyl sites for hydroxylation is 1. The number of aromatic nitrogens is 1. The molecule has 110 valence electrons. The average Bonchev–Trinajstić information content (AvgIpc) is 2.55. The van der Waals surface area contributed by atoms with E-state index >= 15 is 0 Å². The van der Waals surface area contributed by atoms with Gasteiger partial charge in [-0.3, -0.25) is 4.98 Å². The highest BCUT2D eigenvalue weighted by Gasteiger charge is 2.22. The normalized spacial score (nSPS) is 18.9. The van der Waals surface area contributed by atoms with Crippen molar-refractivity contribution in [2.24, 2.45) is 0 Å². The van der Waals surface area contributed by atoms with Gasteiger partial charge in [0.1, 0.15) is 5.75 Å². The monoisotopic (exact) mass is 282 g/mol. The van der Waals surface area contributed by atoms with Crippen LogP contribution in [-0.2, 0) is 6.42 Å². The van der Waals surface area contributed by atoms with Gasteiger partial charge in [-0.25, -0.2) is 0 Å². The third-order valence-electron chi connectivity index (χ3n) is 4.30. The maximum Gasteiger partial charge on any atom is 0.119 e. The van der Waals surface area contributed by atoms with Crippen LogP contribution in [0.3, 0.4) is 0 Å². The first-order chi connectivity index (χ1) is 10.3. The summed E-state index contributed by atoms with van der Waals surface area (Å²) in [5.74, 6) is 0.953. The quantitative estimate of drug-likeness (QED) is 0.925. The van der Waals surface area contributed by atoms with E-state index in [0.29, 0.717) is 12.1 Å². The van der Waals surface area contributed by atoms with Crippen molar-refractivity contribution in [2.45, 2.75) is 38.3 Å². The molecule has 2 unspecified atom stereocenters. The second-order valence-corrected chi connectivity index (χ2v) is 5.68. The minimum Gasteiger partial charge on any atom is -0.497 e. The van der Waals surface area contributed by atoms with Crippen LogP contribution in [0.15, 0.2) is 42.7 Å². The summed E-state index contributed by atoms with van der Waals surface area (Å²) >= 11 is 0. The van der Waals surface area contributed by atoms with Gasteiger partial charge in [0.05, 0.1) is 7.11 Å². The lowest BCUT2D eigenvalue weighted by molar-refractivity contribution is 0.402. The van der Waals surface area contributed by atoms with Gasteiger partial charge in [0.2, 0.25) is 0 Å². The van der Waals surface area contributed by atoms with Crippen LogP contribution in [0.1, 0.15) is 48.5 Å². The minimum atomic E-state index is 0.303. The number of hydrogen-bond donors (Lipinski definition) is 1. The van der Waals surface area contributed by atoms with Gasteiger partial charge in [-0.2, -0.15) is 0 Å². The summed E-state index contributed by atoms with van der Waals surface area (Å²) in [4.78, 5) is 4.21. The maximum absolute atomic E-state index is 5.34. The highest BCUT2D eigenvalue weighted by atomic mass is 16.5. The van der Waals surface area contributed by atoms with Crippen molar-refractivity contribution in [1.82, 2.24) is 10.3 Å².